The van der Waals surface area contributed by atoms with Crippen LogP contribution < -0.4 is 5.32 Å². The van der Waals surface area contributed by atoms with Gasteiger partial charge in [-0.25, -0.2) is 0 Å². The average Bonchev–Trinajstić information content (AvgIpc) is 2.26. The van der Waals surface area contributed by atoms with Gasteiger partial charge in [0.05, 0.1) is 12.7 Å². The number of benzene rings is 1. The topological polar surface area (TPSA) is 38.3 Å². The Morgan fingerprint density at radius 1 is 1.18 bits per heavy atom. The van der Waals surface area contributed by atoms with Crippen molar-refractivity contribution in [3.63, 3.8) is 0 Å². The number of carbonyl (C=O) groups is 1. The largest absolute Gasteiger partial charge is 0.374 e. The van der Waals surface area contributed by atoms with Gasteiger partial charge in [0, 0.05) is 11.6 Å². The lowest BCUT2D eigenvalue weighted by Gasteiger charge is -2.10. The number of hydrogen-bond acceptors (Lipinski definition) is 2. The van der Waals surface area contributed by atoms with Crippen LogP contribution in [0.5, 0.6) is 0 Å². The molecule has 3 heteroatoms. The van der Waals surface area contributed by atoms with E-state index in [1.54, 1.807) is 0 Å². The molecule has 0 radical (unpaired) electrons. The molecular weight excluding hydrogens is 214 g/mol. The summed E-state index contributed by atoms with van der Waals surface area (Å²) < 4.78 is 5.49. The number of hydrogen-bond donors (Lipinski definition) is 1. The number of ether oxygens (including phenoxy) is 1. The number of nitrogens with one attached hydrogen (secondary N) is 1. The number of carbonyl (C=O) groups excluding carboxylic acids is 1. The summed E-state index contributed by atoms with van der Waals surface area (Å²) in [7, 11) is 0. The quantitative estimate of drug-likeness (QED) is 0.852. The lowest BCUT2D eigenvalue weighted by Crippen LogP contribution is -2.29. The summed E-state index contributed by atoms with van der Waals surface area (Å²) in [6.07, 6.45) is 0.221. The van der Waals surface area contributed by atoms with E-state index in [4.69, 9.17) is 4.74 Å². The Morgan fingerprint density at radius 2 is 1.76 bits per heavy atom. The third-order valence-electron chi connectivity index (χ3n) is 2.22. The predicted molar refractivity (Wildman–Crippen MR) is 69.0 cm³/mol. The second kappa shape index (κ2) is 6.40. The minimum atomic E-state index is -0.0312. The van der Waals surface area contributed by atoms with Gasteiger partial charge in [-0.3, -0.25) is 4.79 Å². The third-order valence-corrected chi connectivity index (χ3v) is 2.22. The molecular formula is C14H21NO2. The molecule has 0 heterocycles. The van der Waals surface area contributed by atoms with E-state index in [2.05, 4.69) is 5.32 Å². The van der Waals surface area contributed by atoms with Gasteiger partial charge in [0.25, 0.3) is 5.91 Å². The highest BCUT2D eigenvalue weighted by Crippen LogP contribution is 2.07. The van der Waals surface area contributed by atoms with E-state index in [0.29, 0.717) is 12.2 Å². The molecule has 0 aliphatic carbocycles. The second-order valence-corrected chi connectivity index (χ2v) is 4.68. The number of amides is 1. The van der Waals surface area contributed by atoms with Gasteiger partial charge in [-0.05, 0) is 45.4 Å². The molecule has 0 saturated heterocycles. The van der Waals surface area contributed by atoms with Gasteiger partial charge in [-0.15, -0.1) is 0 Å². The van der Waals surface area contributed by atoms with E-state index in [1.807, 2.05) is 52.0 Å². The second-order valence-electron chi connectivity index (χ2n) is 4.68. The zero-order valence-electron chi connectivity index (χ0n) is 11.0. The molecule has 1 rings (SSSR count). The molecule has 1 amide bonds. The lowest BCUT2D eigenvalue weighted by molar-refractivity contribution is 0.0656. The highest BCUT2D eigenvalue weighted by molar-refractivity contribution is 5.94. The van der Waals surface area contributed by atoms with E-state index in [-0.39, 0.29) is 18.1 Å². The Morgan fingerprint density at radius 3 is 2.24 bits per heavy atom. The van der Waals surface area contributed by atoms with Crippen LogP contribution >= 0.6 is 0 Å². The zero-order valence-corrected chi connectivity index (χ0v) is 11.0. The third kappa shape index (κ3) is 5.00. The molecule has 17 heavy (non-hydrogen) atoms. The van der Waals surface area contributed by atoms with Crippen molar-refractivity contribution in [2.24, 2.45) is 0 Å². The lowest BCUT2D eigenvalue weighted by atomic mass is 10.1. The maximum atomic E-state index is 11.7. The highest BCUT2D eigenvalue weighted by atomic mass is 16.5. The fourth-order valence-electron chi connectivity index (χ4n) is 1.36. The Labute approximate surface area is 103 Å². The maximum absolute atomic E-state index is 11.7. The van der Waals surface area contributed by atoms with Crippen LogP contribution in [-0.2, 0) is 11.3 Å². The molecule has 0 bridgehead atoms. The molecule has 3 nitrogen and oxygen atoms in total. The average molecular weight is 235 g/mol. The van der Waals surface area contributed by atoms with Gasteiger partial charge in [0.2, 0.25) is 0 Å². The molecule has 0 aliphatic heterocycles. The maximum Gasteiger partial charge on any atom is 0.251 e. The summed E-state index contributed by atoms with van der Waals surface area (Å²) in [5, 5.41) is 2.86. The minimum absolute atomic E-state index is 0.0312. The van der Waals surface area contributed by atoms with Gasteiger partial charge in [-0.2, -0.15) is 0 Å². The molecule has 94 valence electrons. The Bertz CT molecular complexity index is 355. The van der Waals surface area contributed by atoms with Gasteiger partial charge < -0.3 is 10.1 Å². The van der Waals surface area contributed by atoms with Crippen LogP contribution in [0.2, 0.25) is 0 Å². The van der Waals surface area contributed by atoms with Crippen LogP contribution in [0.25, 0.3) is 0 Å². The summed E-state index contributed by atoms with van der Waals surface area (Å²) in [4.78, 5) is 11.7. The molecule has 0 aliphatic rings. The van der Waals surface area contributed by atoms with Crippen molar-refractivity contribution >= 4 is 5.91 Å². The van der Waals surface area contributed by atoms with Crippen molar-refractivity contribution in [2.75, 3.05) is 0 Å². The summed E-state index contributed by atoms with van der Waals surface area (Å²) >= 11 is 0. The smallest absolute Gasteiger partial charge is 0.251 e. The summed E-state index contributed by atoms with van der Waals surface area (Å²) in [5.41, 5.74) is 1.77. The van der Waals surface area contributed by atoms with Crippen LogP contribution in [0.4, 0.5) is 0 Å². The van der Waals surface area contributed by atoms with Crippen LogP contribution in [0.1, 0.15) is 43.6 Å². The first-order valence-electron chi connectivity index (χ1n) is 6.00. The van der Waals surface area contributed by atoms with E-state index < -0.39 is 0 Å². The van der Waals surface area contributed by atoms with Crippen molar-refractivity contribution in [2.45, 2.75) is 46.4 Å². The number of rotatable bonds is 5. The fourth-order valence-corrected chi connectivity index (χ4v) is 1.36. The van der Waals surface area contributed by atoms with Gasteiger partial charge in [0.15, 0.2) is 0 Å². The molecule has 0 saturated carbocycles. The Balaban J connectivity index is 2.58. The monoisotopic (exact) mass is 235 g/mol. The summed E-state index contributed by atoms with van der Waals surface area (Å²) in [5.74, 6) is -0.0312. The summed E-state index contributed by atoms with van der Waals surface area (Å²) in [6, 6.07) is 7.68. The highest BCUT2D eigenvalue weighted by Gasteiger charge is 2.06. The van der Waals surface area contributed by atoms with Gasteiger partial charge in [-0.1, -0.05) is 12.1 Å². The van der Waals surface area contributed by atoms with Crippen LogP contribution in [0.15, 0.2) is 24.3 Å². The molecule has 0 aromatic heterocycles. The van der Waals surface area contributed by atoms with Crippen molar-refractivity contribution in [1.29, 1.82) is 0 Å². The van der Waals surface area contributed by atoms with Crippen molar-refractivity contribution in [1.82, 2.24) is 5.32 Å². The fraction of sp³-hybridized carbons (Fsp3) is 0.500. The predicted octanol–water partition coefficient (Wildman–Crippen LogP) is 2.75. The summed E-state index contributed by atoms with van der Waals surface area (Å²) in [6.45, 7) is 8.49. The van der Waals surface area contributed by atoms with Crippen molar-refractivity contribution in [3.05, 3.63) is 35.4 Å². The molecule has 0 fully saturated rings. The van der Waals surface area contributed by atoms with Crippen LogP contribution in [0, 0.1) is 0 Å². The molecule has 0 spiro atoms. The van der Waals surface area contributed by atoms with Crippen LogP contribution in [0.3, 0.4) is 0 Å². The molecule has 1 aromatic rings. The zero-order chi connectivity index (χ0) is 12.8. The molecule has 0 atom stereocenters. The normalized spacial score (nSPS) is 10.9. The van der Waals surface area contributed by atoms with E-state index in [1.165, 1.54) is 0 Å². The molecule has 1 N–H and O–H groups in total. The van der Waals surface area contributed by atoms with E-state index in [0.717, 1.165) is 5.56 Å². The Kier molecular flexibility index (Phi) is 5.16. The van der Waals surface area contributed by atoms with Crippen LogP contribution in [-0.4, -0.2) is 18.1 Å². The minimum Gasteiger partial charge on any atom is -0.374 e. The first-order chi connectivity index (χ1) is 7.99. The van der Waals surface area contributed by atoms with E-state index >= 15 is 0 Å². The molecule has 0 unspecified atom stereocenters. The molecule has 1 aromatic carbocycles. The van der Waals surface area contributed by atoms with Crippen molar-refractivity contribution < 1.29 is 9.53 Å². The standard InChI is InChI=1S/C14H21NO2/c1-10(2)15-14(16)13-7-5-12(6-8-13)9-17-11(3)4/h5-8,10-11H,9H2,1-4H3,(H,15,16). The van der Waals surface area contributed by atoms with E-state index in [9.17, 15) is 4.79 Å². The Hall–Kier alpha value is -1.35. The SMILES string of the molecule is CC(C)NC(=O)c1ccc(COC(C)C)cc1. The first-order valence-corrected chi connectivity index (χ1v) is 6.00. The van der Waals surface area contributed by atoms with Crippen molar-refractivity contribution in [3.8, 4) is 0 Å². The first kappa shape index (κ1) is 13.7. The van der Waals surface area contributed by atoms with Gasteiger partial charge >= 0.3 is 0 Å². The van der Waals surface area contributed by atoms with Gasteiger partial charge in [0.1, 0.15) is 0 Å².